The van der Waals surface area contributed by atoms with Crippen LogP contribution in [0.3, 0.4) is 0 Å². The monoisotopic (exact) mass is 307 g/mol. The molecule has 122 valence electrons. The summed E-state index contributed by atoms with van der Waals surface area (Å²) < 4.78 is 5.15. The van der Waals surface area contributed by atoms with Crippen LogP contribution in [0.25, 0.3) is 0 Å². The maximum absolute atomic E-state index is 11.6. The van der Waals surface area contributed by atoms with Gasteiger partial charge in [-0.3, -0.25) is 0 Å². The second kappa shape index (κ2) is 9.40. The van der Waals surface area contributed by atoms with E-state index in [0.29, 0.717) is 13.2 Å². The first kappa shape index (κ1) is 16.7. The third-order valence-corrected chi connectivity index (χ3v) is 3.69. The van der Waals surface area contributed by atoms with Gasteiger partial charge in [-0.15, -0.1) is 0 Å². The molecule has 1 saturated heterocycles. The van der Waals surface area contributed by atoms with Crippen molar-refractivity contribution in [1.82, 2.24) is 15.5 Å². The minimum Gasteiger partial charge on any atom is -0.445 e. The number of hydrogen-bond acceptors (Lipinski definition) is 5. The molecule has 1 unspecified atom stereocenters. The smallest absolute Gasteiger partial charge is 0.407 e. The van der Waals surface area contributed by atoms with E-state index in [9.17, 15) is 4.79 Å². The predicted molar refractivity (Wildman–Crippen MR) is 84.6 cm³/mol. The van der Waals surface area contributed by atoms with Gasteiger partial charge in [0.15, 0.2) is 0 Å². The Morgan fingerprint density at radius 3 is 3.00 bits per heavy atom. The summed E-state index contributed by atoms with van der Waals surface area (Å²) in [7, 11) is 0. The van der Waals surface area contributed by atoms with Crippen LogP contribution in [0.5, 0.6) is 0 Å². The number of aliphatic hydroxyl groups excluding tert-OH is 1. The second-order valence-electron chi connectivity index (χ2n) is 5.48. The third-order valence-electron chi connectivity index (χ3n) is 3.69. The molecule has 1 atom stereocenters. The van der Waals surface area contributed by atoms with Gasteiger partial charge in [-0.2, -0.15) is 0 Å². The summed E-state index contributed by atoms with van der Waals surface area (Å²) in [4.78, 5) is 13.9. The largest absolute Gasteiger partial charge is 0.445 e. The van der Waals surface area contributed by atoms with Gasteiger partial charge in [0.05, 0.1) is 6.61 Å². The molecular weight excluding hydrogens is 282 g/mol. The van der Waals surface area contributed by atoms with E-state index in [1.807, 2.05) is 30.3 Å². The number of alkyl carbamates (subject to hydrolysis) is 1. The van der Waals surface area contributed by atoms with Gasteiger partial charge < -0.3 is 25.4 Å². The van der Waals surface area contributed by atoms with E-state index in [2.05, 4.69) is 15.5 Å². The van der Waals surface area contributed by atoms with Crippen molar-refractivity contribution >= 4 is 6.09 Å². The van der Waals surface area contributed by atoms with Crippen molar-refractivity contribution in [2.75, 3.05) is 39.3 Å². The first-order chi connectivity index (χ1) is 10.8. The number of aliphatic hydroxyl groups is 1. The molecule has 1 aliphatic heterocycles. The summed E-state index contributed by atoms with van der Waals surface area (Å²) in [6, 6.07) is 9.79. The first-order valence-electron chi connectivity index (χ1n) is 7.79. The third kappa shape index (κ3) is 6.01. The lowest BCUT2D eigenvalue weighted by molar-refractivity contribution is 0.136. The van der Waals surface area contributed by atoms with E-state index in [4.69, 9.17) is 9.84 Å². The van der Waals surface area contributed by atoms with Crippen LogP contribution in [0.15, 0.2) is 30.3 Å². The molecule has 6 heteroatoms. The van der Waals surface area contributed by atoms with Gasteiger partial charge in [-0.1, -0.05) is 30.3 Å². The Morgan fingerprint density at radius 2 is 2.23 bits per heavy atom. The molecule has 22 heavy (non-hydrogen) atoms. The molecule has 1 aromatic carbocycles. The van der Waals surface area contributed by atoms with Gasteiger partial charge in [-0.05, 0) is 18.5 Å². The molecule has 0 bridgehead atoms. The van der Waals surface area contributed by atoms with Crippen LogP contribution in [0.1, 0.15) is 12.0 Å². The molecule has 1 amide bonds. The molecular formula is C16H25N3O3. The summed E-state index contributed by atoms with van der Waals surface area (Å²) in [5.41, 5.74) is 0.980. The van der Waals surface area contributed by atoms with Crippen LogP contribution >= 0.6 is 0 Å². The zero-order chi connectivity index (χ0) is 15.6. The van der Waals surface area contributed by atoms with E-state index in [1.165, 1.54) is 0 Å². The summed E-state index contributed by atoms with van der Waals surface area (Å²) in [6.07, 6.45) is 0.496. The van der Waals surface area contributed by atoms with Crippen LogP contribution in [0.4, 0.5) is 4.79 Å². The fraction of sp³-hybridized carbons (Fsp3) is 0.562. The van der Waals surface area contributed by atoms with E-state index in [-0.39, 0.29) is 18.7 Å². The lowest BCUT2D eigenvalue weighted by Crippen LogP contribution is -2.52. The molecule has 1 aliphatic rings. The van der Waals surface area contributed by atoms with Crippen molar-refractivity contribution in [3.8, 4) is 0 Å². The molecule has 6 nitrogen and oxygen atoms in total. The van der Waals surface area contributed by atoms with Gasteiger partial charge in [0.2, 0.25) is 0 Å². The maximum atomic E-state index is 11.6. The maximum Gasteiger partial charge on any atom is 0.407 e. The summed E-state index contributed by atoms with van der Waals surface area (Å²) in [6.45, 7) is 4.71. The fourth-order valence-electron chi connectivity index (χ4n) is 2.49. The topological polar surface area (TPSA) is 73.8 Å². The summed E-state index contributed by atoms with van der Waals surface area (Å²) >= 11 is 0. The number of carbonyl (C=O) groups is 1. The van der Waals surface area contributed by atoms with E-state index < -0.39 is 0 Å². The molecule has 2 rings (SSSR count). The minimum absolute atomic E-state index is 0.164. The number of carbonyl (C=O) groups excluding carboxylic acids is 1. The van der Waals surface area contributed by atoms with Crippen molar-refractivity contribution in [2.24, 2.45) is 0 Å². The van der Waals surface area contributed by atoms with Crippen LogP contribution in [-0.2, 0) is 11.3 Å². The van der Waals surface area contributed by atoms with Gasteiger partial charge in [0.25, 0.3) is 0 Å². The number of amides is 1. The standard InChI is InChI=1S/C16H25N3O3/c20-12-15-11-19(10-8-17-15)9-4-7-18-16(21)22-13-14-5-2-1-3-6-14/h1-3,5-6,15,17,20H,4,7-13H2,(H,18,21). The Hall–Kier alpha value is -1.63. The minimum atomic E-state index is -0.377. The summed E-state index contributed by atoms with van der Waals surface area (Å²) in [5, 5.41) is 15.2. The molecule has 1 aromatic rings. The lowest BCUT2D eigenvalue weighted by Gasteiger charge is -2.32. The molecule has 0 aliphatic carbocycles. The van der Waals surface area contributed by atoms with Crippen molar-refractivity contribution < 1.29 is 14.6 Å². The van der Waals surface area contributed by atoms with Crippen LogP contribution in [0.2, 0.25) is 0 Å². The van der Waals surface area contributed by atoms with Crippen molar-refractivity contribution in [3.63, 3.8) is 0 Å². The highest BCUT2D eigenvalue weighted by atomic mass is 16.5. The molecule has 0 aromatic heterocycles. The second-order valence-corrected chi connectivity index (χ2v) is 5.48. The fourth-order valence-corrected chi connectivity index (χ4v) is 2.49. The molecule has 1 fully saturated rings. The average molecular weight is 307 g/mol. The van der Waals surface area contributed by atoms with Crippen molar-refractivity contribution in [3.05, 3.63) is 35.9 Å². The van der Waals surface area contributed by atoms with Crippen molar-refractivity contribution in [1.29, 1.82) is 0 Å². The Bertz CT molecular complexity index is 442. The Kier molecular flexibility index (Phi) is 7.15. The van der Waals surface area contributed by atoms with Crippen LogP contribution < -0.4 is 10.6 Å². The molecule has 0 radical (unpaired) electrons. The van der Waals surface area contributed by atoms with E-state index >= 15 is 0 Å². The lowest BCUT2D eigenvalue weighted by atomic mass is 10.2. The zero-order valence-corrected chi connectivity index (χ0v) is 12.8. The quantitative estimate of drug-likeness (QED) is 0.642. The number of nitrogens with zero attached hydrogens (tertiary/aromatic N) is 1. The number of nitrogens with one attached hydrogen (secondary N) is 2. The zero-order valence-electron chi connectivity index (χ0n) is 12.8. The Morgan fingerprint density at radius 1 is 1.41 bits per heavy atom. The Labute approximate surface area is 131 Å². The summed E-state index contributed by atoms with van der Waals surface area (Å²) in [5.74, 6) is 0. The first-order valence-corrected chi connectivity index (χ1v) is 7.79. The van der Waals surface area contributed by atoms with Gasteiger partial charge in [0, 0.05) is 32.2 Å². The van der Waals surface area contributed by atoms with Gasteiger partial charge >= 0.3 is 6.09 Å². The highest BCUT2D eigenvalue weighted by molar-refractivity contribution is 5.67. The normalized spacial score (nSPS) is 18.9. The molecule has 0 saturated carbocycles. The predicted octanol–water partition coefficient (Wildman–Crippen LogP) is 0.569. The molecule has 3 N–H and O–H groups in total. The van der Waals surface area contributed by atoms with Crippen LogP contribution in [-0.4, -0.2) is 61.5 Å². The highest BCUT2D eigenvalue weighted by Gasteiger charge is 2.17. The molecule has 1 heterocycles. The number of hydrogen-bond donors (Lipinski definition) is 3. The number of rotatable bonds is 7. The van der Waals surface area contributed by atoms with Crippen LogP contribution in [0, 0.1) is 0 Å². The Balaban J connectivity index is 1.53. The number of benzene rings is 1. The van der Waals surface area contributed by atoms with Gasteiger partial charge in [-0.25, -0.2) is 4.79 Å². The SMILES string of the molecule is O=C(NCCCN1CCNC(CO)C1)OCc1ccccc1. The molecule has 0 spiro atoms. The highest BCUT2D eigenvalue weighted by Crippen LogP contribution is 2.01. The van der Waals surface area contributed by atoms with E-state index in [0.717, 1.165) is 38.2 Å². The van der Waals surface area contributed by atoms with Crippen molar-refractivity contribution in [2.45, 2.75) is 19.1 Å². The van der Waals surface area contributed by atoms with E-state index in [1.54, 1.807) is 0 Å². The number of piperazine rings is 1. The van der Waals surface area contributed by atoms with Gasteiger partial charge in [0.1, 0.15) is 6.61 Å². The average Bonchev–Trinajstić information content (AvgIpc) is 2.58. The number of ether oxygens (including phenoxy) is 1.